The smallest absolute Gasteiger partial charge is 0.122 e. The third-order valence-electron chi connectivity index (χ3n) is 2.56. The molecule has 0 amide bonds. The van der Waals surface area contributed by atoms with Gasteiger partial charge in [-0.2, -0.15) is 11.8 Å². The number of hydrazine groups is 1. The highest BCUT2D eigenvalue weighted by Crippen LogP contribution is 2.19. The molecule has 0 saturated heterocycles. The number of nitrogens with two attached hydrogens (primary N) is 1. The quantitative estimate of drug-likeness (QED) is 0.424. The van der Waals surface area contributed by atoms with E-state index in [0.717, 1.165) is 17.9 Å². The van der Waals surface area contributed by atoms with Crippen LogP contribution in [0.2, 0.25) is 0 Å². The van der Waals surface area contributed by atoms with Crippen LogP contribution in [0.25, 0.3) is 0 Å². The van der Waals surface area contributed by atoms with Crippen molar-refractivity contribution in [2.24, 2.45) is 5.84 Å². The Morgan fingerprint density at radius 2 is 2.18 bits per heavy atom. The van der Waals surface area contributed by atoms with Crippen LogP contribution in [0.4, 0.5) is 0 Å². The van der Waals surface area contributed by atoms with Crippen molar-refractivity contribution >= 4 is 11.8 Å². The van der Waals surface area contributed by atoms with Gasteiger partial charge in [0.15, 0.2) is 0 Å². The summed E-state index contributed by atoms with van der Waals surface area (Å²) < 4.78 is 5.34. The van der Waals surface area contributed by atoms with E-state index < -0.39 is 0 Å². The fourth-order valence-electron chi connectivity index (χ4n) is 1.67. The van der Waals surface area contributed by atoms with Crippen molar-refractivity contribution in [2.75, 3.05) is 18.6 Å². The lowest BCUT2D eigenvalue weighted by Crippen LogP contribution is -2.38. The van der Waals surface area contributed by atoms with Crippen molar-refractivity contribution in [2.45, 2.75) is 25.8 Å². The molecule has 1 atom stereocenters. The van der Waals surface area contributed by atoms with Gasteiger partial charge < -0.3 is 4.74 Å². The average Bonchev–Trinajstić information content (AvgIpc) is 2.38. The zero-order chi connectivity index (χ0) is 12.5. The molecule has 0 radical (unpaired) electrons. The normalized spacial score (nSPS) is 12.4. The molecular weight excluding hydrogens is 232 g/mol. The summed E-state index contributed by atoms with van der Waals surface area (Å²) in [5.74, 6) is 8.74. The molecule has 3 N–H and O–H groups in total. The minimum absolute atomic E-state index is 0.294. The van der Waals surface area contributed by atoms with E-state index in [0.29, 0.717) is 6.04 Å². The van der Waals surface area contributed by atoms with Crippen LogP contribution in [0.1, 0.15) is 18.9 Å². The first-order valence-electron chi connectivity index (χ1n) is 5.97. The molecule has 0 aliphatic rings. The molecule has 0 bridgehead atoms. The van der Waals surface area contributed by atoms with E-state index in [9.17, 15) is 0 Å². The number of benzene rings is 1. The van der Waals surface area contributed by atoms with Crippen LogP contribution in [0.15, 0.2) is 24.3 Å². The molecule has 0 heterocycles. The fourth-order valence-corrected chi connectivity index (χ4v) is 2.63. The molecule has 17 heavy (non-hydrogen) atoms. The molecule has 1 aromatic rings. The van der Waals surface area contributed by atoms with Crippen LogP contribution in [-0.2, 0) is 6.42 Å². The number of thioether (sulfide) groups is 1. The molecule has 4 heteroatoms. The molecule has 0 aromatic heterocycles. The van der Waals surface area contributed by atoms with E-state index >= 15 is 0 Å². The second-order valence-electron chi connectivity index (χ2n) is 3.95. The van der Waals surface area contributed by atoms with Crippen molar-refractivity contribution in [3.05, 3.63) is 29.8 Å². The van der Waals surface area contributed by atoms with Gasteiger partial charge in [0.05, 0.1) is 7.11 Å². The van der Waals surface area contributed by atoms with E-state index in [1.165, 1.54) is 17.7 Å². The summed E-state index contributed by atoms with van der Waals surface area (Å²) in [5.41, 5.74) is 4.09. The van der Waals surface area contributed by atoms with Gasteiger partial charge in [-0.3, -0.25) is 11.3 Å². The van der Waals surface area contributed by atoms with Gasteiger partial charge in [0.1, 0.15) is 5.75 Å². The third-order valence-corrected chi connectivity index (χ3v) is 3.90. The van der Waals surface area contributed by atoms with Crippen molar-refractivity contribution in [1.82, 2.24) is 5.43 Å². The van der Waals surface area contributed by atoms with Crippen molar-refractivity contribution in [3.8, 4) is 5.75 Å². The van der Waals surface area contributed by atoms with Crippen LogP contribution in [0.3, 0.4) is 0 Å². The van der Waals surface area contributed by atoms with Crippen LogP contribution in [0.5, 0.6) is 5.75 Å². The summed E-state index contributed by atoms with van der Waals surface area (Å²) in [6.45, 7) is 2.19. The number of nitrogens with one attached hydrogen (secondary N) is 1. The minimum atomic E-state index is 0.294. The molecule has 1 rings (SSSR count). The molecule has 0 spiro atoms. The lowest BCUT2D eigenvalue weighted by Gasteiger charge is -2.17. The molecule has 0 aliphatic carbocycles. The van der Waals surface area contributed by atoms with Gasteiger partial charge >= 0.3 is 0 Å². The zero-order valence-corrected chi connectivity index (χ0v) is 11.4. The Morgan fingerprint density at radius 1 is 1.41 bits per heavy atom. The molecule has 0 saturated carbocycles. The van der Waals surface area contributed by atoms with Crippen molar-refractivity contribution < 1.29 is 4.74 Å². The topological polar surface area (TPSA) is 47.3 Å². The Balaban J connectivity index is 2.54. The van der Waals surface area contributed by atoms with Gasteiger partial charge in [-0.15, -0.1) is 0 Å². The standard InChI is InChI=1S/C13H22N2OS/c1-3-8-17-10-12(15-14)9-11-6-4-5-7-13(11)16-2/h4-7,12,15H,3,8-10,14H2,1-2H3. The maximum absolute atomic E-state index is 5.59. The largest absolute Gasteiger partial charge is 0.496 e. The second-order valence-corrected chi connectivity index (χ2v) is 5.10. The number of hydrogen-bond donors (Lipinski definition) is 2. The summed E-state index contributed by atoms with van der Waals surface area (Å²) >= 11 is 1.94. The lowest BCUT2D eigenvalue weighted by atomic mass is 10.1. The van der Waals surface area contributed by atoms with E-state index in [1.54, 1.807) is 7.11 Å². The molecule has 3 nitrogen and oxygen atoms in total. The van der Waals surface area contributed by atoms with Crippen molar-refractivity contribution in [3.63, 3.8) is 0 Å². The zero-order valence-electron chi connectivity index (χ0n) is 10.6. The Morgan fingerprint density at radius 3 is 2.82 bits per heavy atom. The number of methoxy groups -OCH3 is 1. The summed E-state index contributed by atoms with van der Waals surface area (Å²) in [6, 6.07) is 8.39. The molecule has 0 fully saturated rings. The van der Waals surface area contributed by atoms with E-state index in [-0.39, 0.29) is 0 Å². The number of para-hydroxylation sites is 1. The second kappa shape index (κ2) is 8.39. The summed E-state index contributed by atoms with van der Waals surface area (Å²) in [7, 11) is 1.70. The number of ether oxygens (including phenoxy) is 1. The molecule has 96 valence electrons. The summed E-state index contributed by atoms with van der Waals surface area (Å²) in [4.78, 5) is 0. The Labute approximate surface area is 108 Å². The first-order chi connectivity index (χ1) is 8.31. The highest BCUT2D eigenvalue weighted by Gasteiger charge is 2.10. The number of hydrogen-bond acceptors (Lipinski definition) is 4. The Bertz CT molecular complexity index is 320. The van der Waals surface area contributed by atoms with Gasteiger partial charge in [-0.05, 0) is 30.2 Å². The van der Waals surface area contributed by atoms with E-state index in [4.69, 9.17) is 10.6 Å². The first kappa shape index (κ1) is 14.4. The van der Waals surface area contributed by atoms with Crippen LogP contribution in [-0.4, -0.2) is 24.7 Å². The third kappa shape index (κ3) is 4.98. The highest BCUT2D eigenvalue weighted by atomic mass is 32.2. The minimum Gasteiger partial charge on any atom is -0.496 e. The van der Waals surface area contributed by atoms with Crippen LogP contribution >= 0.6 is 11.8 Å². The van der Waals surface area contributed by atoms with Gasteiger partial charge in [0.25, 0.3) is 0 Å². The van der Waals surface area contributed by atoms with Gasteiger partial charge in [-0.25, -0.2) is 0 Å². The molecule has 0 aliphatic heterocycles. The maximum atomic E-state index is 5.59. The summed E-state index contributed by atoms with van der Waals surface area (Å²) in [5, 5.41) is 0. The summed E-state index contributed by atoms with van der Waals surface area (Å²) in [6.07, 6.45) is 2.11. The van der Waals surface area contributed by atoms with Crippen LogP contribution < -0.4 is 16.0 Å². The van der Waals surface area contributed by atoms with Gasteiger partial charge in [-0.1, -0.05) is 25.1 Å². The first-order valence-corrected chi connectivity index (χ1v) is 7.13. The van der Waals surface area contributed by atoms with E-state index in [2.05, 4.69) is 18.4 Å². The molecule has 1 aromatic carbocycles. The average molecular weight is 254 g/mol. The molecular formula is C13H22N2OS. The van der Waals surface area contributed by atoms with Gasteiger partial charge in [0, 0.05) is 11.8 Å². The predicted molar refractivity (Wildman–Crippen MR) is 75.4 cm³/mol. The Hall–Kier alpha value is -0.710. The molecule has 1 unspecified atom stereocenters. The fraction of sp³-hybridized carbons (Fsp3) is 0.538. The lowest BCUT2D eigenvalue weighted by molar-refractivity contribution is 0.406. The monoisotopic (exact) mass is 254 g/mol. The van der Waals surface area contributed by atoms with Gasteiger partial charge in [0.2, 0.25) is 0 Å². The van der Waals surface area contributed by atoms with Crippen molar-refractivity contribution in [1.29, 1.82) is 0 Å². The SMILES string of the molecule is CCCSCC(Cc1ccccc1OC)NN. The highest BCUT2D eigenvalue weighted by molar-refractivity contribution is 7.99. The Kier molecular flexibility index (Phi) is 7.08. The maximum Gasteiger partial charge on any atom is 0.122 e. The van der Waals surface area contributed by atoms with Crippen LogP contribution in [0, 0.1) is 0 Å². The van der Waals surface area contributed by atoms with E-state index in [1.807, 2.05) is 30.0 Å². The predicted octanol–water partition coefficient (Wildman–Crippen LogP) is 2.21. The number of rotatable bonds is 8.